The Balaban J connectivity index is 1.13. The number of amides is 2. The second kappa shape index (κ2) is 8.03. The van der Waals surface area contributed by atoms with Gasteiger partial charge in [0.25, 0.3) is 0 Å². The first kappa shape index (κ1) is 19.6. The molecule has 2 unspecified atom stereocenters. The molecule has 2 saturated heterocycles. The maximum absolute atomic E-state index is 13.0. The number of hydrogen-bond acceptors (Lipinski definition) is 3. The van der Waals surface area contributed by atoms with Crippen LogP contribution in [0.5, 0.6) is 0 Å². The molecular weight excluding hydrogens is 392 g/mol. The zero-order valence-corrected chi connectivity index (χ0v) is 18.0. The molecule has 1 aromatic carbocycles. The van der Waals surface area contributed by atoms with Crippen LogP contribution in [0.25, 0.3) is 6.08 Å². The normalized spacial score (nSPS) is 25.2. The zero-order chi connectivity index (χ0) is 20.6. The monoisotopic (exact) mass is 420 g/mol. The van der Waals surface area contributed by atoms with Crippen molar-refractivity contribution in [1.29, 1.82) is 0 Å². The van der Waals surface area contributed by atoms with Gasteiger partial charge in [-0.05, 0) is 71.0 Å². The summed E-state index contributed by atoms with van der Waals surface area (Å²) >= 11 is 1.64. The molecule has 2 aromatic rings. The summed E-state index contributed by atoms with van der Waals surface area (Å²) in [7, 11) is 0. The van der Waals surface area contributed by atoms with E-state index in [-0.39, 0.29) is 17.2 Å². The number of piperidine rings is 1. The first-order valence-electron chi connectivity index (χ1n) is 11.0. The highest BCUT2D eigenvalue weighted by molar-refractivity contribution is 7.08. The molecule has 4 nitrogen and oxygen atoms in total. The van der Waals surface area contributed by atoms with Crippen LogP contribution in [0.15, 0.2) is 53.2 Å². The summed E-state index contributed by atoms with van der Waals surface area (Å²) in [6.45, 7) is 3.34. The van der Waals surface area contributed by atoms with E-state index in [4.69, 9.17) is 0 Å². The fourth-order valence-electron chi connectivity index (χ4n) is 5.15. The van der Waals surface area contributed by atoms with Crippen LogP contribution < -0.4 is 0 Å². The van der Waals surface area contributed by atoms with E-state index < -0.39 is 0 Å². The molecule has 2 atom stereocenters. The molecule has 5 rings (SSSR count). The summed E-state index contributed by atoms with van der Waals surface area (Å²) in [6.07, 6.45) is 7.67. The fraction of sp³-hybridized carbons (Fsp3) is 0.440. The maximum atomic E-state index is 13.0. The smallest absolute Gasteiger partial charge is 0.246 e. The predicted molar refractivity (Wildman–Crippen MR) is 120 cm³/mol. The fourth-order valence-corrected chi connectivity index (χ4v) is 5.78. The molecule has 3 heterocycles. The molecule has 2 aliphatic heterocycles. The topological polar surface area (TPSA) is 40.6 Å². The van der Waals surface area contributed by atoms with Crippen molar-refractivity contribution in [2.75, 3.05) is 26.2 Å². The van der Waals surface area contributed by atoms with Crippen LogP contribution in [0.2, 0.25) is 0 Å². The van der Waals surface area contributed by atoms with E-state index in [2.05, 4.69) is 29.2 Å². The van der Waals surface area contributed by atoms with E-state index in [1.54, 1.807) is 17.4 Å². The van der Waals surface area contributed by atoms with E-state index in [1.165, 1.54) is 5.56 Å². The number of carbonyl (C=O) groups is 2. The number of rotatable bonds is 4. The van der Waals surface area contributed by atoms with Crippen molar-refractivity contribution in [3.63, 3.8) is 0 Å². The van der Waals surface area contributed by atoms with Gasteiger partial charge in [0.1, 0.15) is 0 Å². The van der Waals surface area contributed by atoms with Crippen molar-refractivity contribution in [2.24, 2.45) is 11.3 Å². The first-order valence-corrected chi connectivity index (χ1v) is 11.9. The molecule has 1 aliphatic carbocycles. The van der Waals surface area contributed by atoms with Gasteiger partial charge in [0.2, 0.25) is 11.8 Å². The second-order valence-electron chi connectivity index (χ2n) is 9.08. The maximum Gasteiger partial charge on any atom is 0.246 e. The molecule has 1 aromatic heterocycles. The third-order valence-corrected chi connectivity index (χ3v) is 7.88. The average Bonchev–Trinajstić information content (AvgIpc) is 3.20. The third-order valence-electron chi connectivity index (χ3n) is 7.18. The Kier molecular flexibility index (Phi) is 5.23. The molecule has 30 heavy (non-hydrogen) atoms. The lowest BCUT2D eigenvalue weighted by Gasteiger charge is -2.39. The van der Waals surface area contributed by atoms with Crippen molar-refractivity contribution in [2.45, 2.75) is 31.6 Å². The van der Waals surface area contributed by atoms with Gasteiger partial charge in [-0.25, -0.2) is 0 Å². The molecule has 0 bridgehead atoms. The second-order valence-corrected chi connectivity index (χ2v) is 9.86. The molecule has 156 valence electrons. The zero-order valence-electron chi connectivity index (χ0n) is 17.2. The van der Waals surface area contributed by atoms with Gasteiger partial charge >= 0.3 is 0 Å². The number of carbonyl (C=O) groups excluding carboxylic acids is 2. The van der Waals surface area contributed by atoms with Crippen LogP contribution >= 0.6 is 11.3 Å². The summed E-state index contributed by atoms with van der Waals surface area (Å²) in [5, 5.41) is 4.06. The lowest BCUT2D eigenvalue weighted by Crippen LogP contribution is -2.44. The molecule has 3 aliphatic rings. The van der Waals surface area contributed by atoms with Gasteiger partial charge in [-0.2, -0.15) is 11.3 Å². The van der Waals surface area contributed by atoms with Gasteiger partial charge in [0.15, 0.2) is 0 Å². The Hall–Kier alpha value is -2.40. The summed E-state index contributed by atoms with van der Waals surface area (Å²) in [5.74, 6) is 1.03. The number of benzene rings is 1. The number of thiophene rings is 1. The van der Waals surface area contributed by atoms with E-state index in [1.807, 2.05) is 33.9 Å². The minimum atomic E-state index is 0.102. The Morgan fingerprint density at radius 1 is 1.00 bits per heavy atom. The average molecular weight is 421 g/mol. The quantitative estimate of drug-likeness (QED) is 0.688. The number of nitrogens with zero attached hydrogens (tertiary/aromatic N) is 2. The molecular formula is C25H28N2O2S. The van der Waals surface area contributed by atoms with E-state index in [0.717, 1.165) is 57.4 Å². The van der Waals surface area contributed by atoms with Crippen LogP contribution in [0, 0.1) is 11.3 Å². The predicted octanol–water partition coefficient (Wildman–Crippen LogP) is 4.41. The molecule has 1 saturated carbocycles. The highest BCUT2D eigenvalue weighted by Crippen LogP contribution is 2.50. The Morgan fingerprint density at radius 3 is 2.43 bits per heavy atom. The lowest BCUT2D eigenvalue weighted by molar-refractivity contribution is -0.133. The van der Waals surface area contributed by atoms with Crippen molar-refractivity contribution >= 4 is 29.2 Å². The molecule has 5 heteroatoms. The van der Waals surface area contributed by atoms with Crippen molar-refractivity contribution < 1.29 is 9.59 Å². The summed E-state index contributed by atoms with van der Waals surface area (Å²) in [4.78, 5) is 29.6. The Morgan fingerprint density at radius 2 is 1.73 bits per heavy atom. The van der Waals surface area contributed by atoms with Gasteiger partial charge in [-0.15, -0.1) is 0 Å². The number of hydrogen-bond donors (Lipinski definition) is 0. The minimum absolute atomic E-state index is 0.102. The van der Waals surface area contributed by atoms with Gasteiger partial charge in [-0.3, -0.25) is 9.59 Å². The lowest BCUT2D eigenvalue weighted by atomic mass is 9.78. The first-order chi connectivity index (χ1) is 14.6. The van der Waals surface area contributed by atoms with E-state index >= 15 is 0 Å². The van der Waals surface area contributed by atoms with Crippen LogP contribution in [-0.4, -0.2) is 47.8 Å². The van der Waals surface area contributed by atoms with Crippen LogP contribution in [0.3, 0.4) is 0 Å². The van der Waals surface area contributed by atoms with Gasteiger partial charge in [-0.1, -0.05) is 30.3 Å². The number of likely N-dealkylation sites (tertiary alicyclic amines) is 2. The molecule has 0 radical (unpaired) electrons. The third kappa shape index (κ3) is 3.95. The van der Waals surface area contributed by atoms with E-state index in [0.29, 0.717) is 11.8 Å². The highest BCUT2D eigenvalue weighted by Gasteiger charge is 2.49. The largest absolute Gasteiger partial charge is 0.342 e. The SMILES string of the molecule is O=C(C=Cc1ccsc1)N1CCC2(CC1)CCN(C(=O)C1CC1c1ccccc1)C2. The summed E-state index contributed by atoms with van der Waals surface area (Å²) in [6, 6.07) is 12.5. The minimum Gasteiger partial charge on any atom is -0.342 e. The molecule has 0 N–H and O–H groups in total. The van der Waals surface area contributed by atoms with Crippen LogP contribution in [0.4, 0.5) is 0 Å². The summed E-state index contributed by atoms with van der Waals surface area (Å²) < 4.78 is 0. The Labute approximate surface area is 182 Å². The molecule has 1 spiro atoms. The highest BCUT2D eigenvalue weighted by atomic mass is 32.1. The molecule has 2 amide bonds. The van der Waals surface area contributed by atoms with Gasteiger partial charge in [0.05, 0.1) is 0 Å². The van der Waals surface area contributed by atoms with Gasteiger partial charge in [0, 0.05) is 38.2 Å². The molecule has 3 fully saturated rings. The van der Waals surface area contributed by atoms with Crippen molar-refractivity contribution in [3.8, 4) is 0 Å². The standard InChI is InChI=1S/C25H28N2O2S/c28-23(7-6-19-8-15-30-17-19)26-12-9-25(10-13-26)11-14-27(18-25)24(29)22-16-21(22)20-4-2-1-3-5-20/h1-8,15,17,21-22H,9-14,16,18H2. The summed E-state index contributed by atoms with van der Waals surface area (Å²) in [5.41, 5.74) is 2.59. The van der Waals surface area contributed by atoms with Crippen LogP contribution in [-0.2, 0) is 9.59 Å². The van der Waals surface area contributed by atoms with Crippen LogP contribution in [0.1, 0.15) is 42.7 Å². The van der Waals surface area contributed by atoms with Gasteiger partial charge < -0.3 is 9.80 Å². The van der Waals surface area contributed by atoms with E-state index in [9.17, 15) is 9.59 Å². The Bertz CT molecular complexity index is 929. The van der Waals surface area contributed by atoms with Crippen molar-refractivity contribution in [3.05, 3.63) is 64.4 Å². The van der Waals surface area contributed by atoms with Crippen molar-refractivity contribution in [1.82, 2.24) is 9.80 Å².